The van der Waals surface area contributed by atoms with E-state index in [2.05, 4.69) is 19.2 Å². The molecule has 1 N–H and O–H groups in total. The van der Waals surface area contributed by atoms with Gasteiger partial charge < -0.3 is 5.32 Å². The molecule has 3 heteroatoms. The normalized spacial score (nSPS) is 39.6. The number of rotatable bonds is 2. The van der Waals surface area contributed by atoms with Gasteiger partial charge in [-0.1, -0.05) is 55.3 Å². The highest BCUT2D eigenvalue weighted by Crippen LogP contribution is 2.63. The molecule has 0 aromatic heterocycles. The molecule has 5 atom stereocenters. The summed E-state index contributed by atoms with van der Waals surface area (Å²) in [6.07, 6.45) is 8.18. The first-order chi connectivity index (χ1) is 13.4. The van der Waals surface area contributed by atoms with Crippen molar-refractivity contribution in [2.75, 3.05) is 0 Å². The zero-order valence-corrected chi connectivity index (χ0v) is 17.1. The van der Waals surface area contributed by atoms with E-state index in [1.165, 1.54) is 0 Å². The Morgan fingerprint density at radius 2 is 1.79 bits per heavy atom. The summed E-state index contributed by atoms with van der Waals surface area (Å²) in [5.74, 6) is 1.27. The van der Waals surface area contributed by atoms with E-state index in [4.69, 9.17) is 0 Å². The highest BCUT2D eigenvalue weighted by molar-refractivity contribution is 5.99. The van der Waals surface area contributed by atoms with E-state index in [-0.39, 0.29) is 22.7 Å². The molecule has 0 spiro atoms. The van der Waals surface area contributed by atoms with Gasteiger partial charge in [0.2, 0.25) is 5.91 Å². The number of piperidine rings is 1. The number of allylic oxidation sites excluding steroid dienone is 2. The van der Waals surface area contributed by atoms with Gasteiger partial charge in [-0.05, 0) is 61.7 Å². The molecule has 5 rings (SSSR count). The number of fused-ring (bicyclic) bond motifs is 4. The number of hydrogen-bond donors (Lipinski definition) is 1. The fraction of sp³-hybridized carbons (Fsp3) is 0.600. The lowest BCUT2D eigenvalue weighted by atomic mass is 9.52. The van der Waals surface area contributed by atoms with Gasteiger partial charge in [0.05, 0.1) is 0 Å². The lowest BCUT2D eigenvalue weighted by Gasteiger charge is -2.55. The Morgan fingerprint density at radius 3 is 2.57 bits per heavy atom. The molecule has 1 heterocycles. The van der Waals surface area contributed by atoms with Crippen LogP contribution in [0.5, 0.6) is 0 Å². The highest BCUT2D eigenvalue weighted by atomic mass is 16.1. The van der Waals surface area contributed by atoms with Crippen LogP contribution in [0, 0.1) is 22.7 Å². The second-order valence-corrected chi connectivity index (χ2v) is 10.00. The zero-order chi connectivity index (χ0) is 19.5. The van der Waals surface area contributed by atoms with Crippen LogP contribution in [-0.2, 0) is 4.79 Å². The molecule has 28 heavy (non-hydrogen) atoms. The molecule has 3 nitrogen and oxygen atoms in total. The molecular formula is C25H31NO2. The Bertz CT molecular complexity index is 857. The fourth-order valence-electron chi connectivity index (χ4n) is 7.17. The number of carbonyl (C=O) groups is 2. The number of ketones is 1. The van der Waals surface area contributed by atoms with Crippen molar-refractivity contribution in [1.82, 2.24) is 5.32 Å². The molecule has 1 aromatic carbocycles. The molecule has 2 unspecified atom stereocenters. The maximum atomic E-state index is 13.3. The largest absolute Gasteiger partial charge is 0.353 e. The zero-order valence-electron chi connectivity index (χ0n) is 17.1. The third kappa shape index (κ3) is 2.47. The van der Waals surface area contributed by atoms with Crippen LogP contribution in [0.15, 0.2) is 41.5 Å². The molecule has 1 saturated heterocycles. The number of carbonyl (C=O) groups excluding carboxylic acids is 2. The van der Waals surface area contributed by atoms with Crippen LogP contribution in [0.4, 0.5) is 0 Å². The lowest BCUT2D eigenvalue weighted by Crippen LogP contribution is -2.57. The summed E-state index contributed by atoms with van der Waals surface area (Å²) in [5.41, 5.74) is 4.35. The Labute approximate surface area is 168 Å². The van der Waals surface area contributed by atoms with Crippen LogP contribution in [0.25, 0.3) is 0 Å². The summed E-state index contributed by atoms with van der Waals surface area (Å²) in [7, 11) is 0. The van der Waals surface area contributed by atoms with Crippen LogP contribution < -0.4 is 5.32 Å². The number of hydrogen-bond acceptors (Lipinski definition) is 2. The first-order valence-electron chi connectivity index (χ1n) is 11.0. The van der Waals surface area contributed by atoms with Crippen molar-refractivity contribution in [1.29, 1.82) is 0 Å². The van der Waals surface area contributed by atoms with Crippen molar-refractivity contribution >= 4 is 11.7 Å². The van der Waals surface area contributed by atoms with Gasteiger partial charge in [0.1, 0.15) is 0 Å². The van der Waals surface area contributed by atoms with Crippen molar-refractivity contribution in [3.05, 3.63) is 47.0 Å². The third-order valence-corrected chi connectivity index (χ3v) is 8.80. The summed E-state index contributed by atoms with van der Waals surface area (Å²) >= 11 is 0. The van der Waals surface area contributed by atoms with Gasteiger partial charge in [-0.15, -0.1) is 0 Å². The molecule has 0 bridgehead atoms. The summed E-state index contributed by atoms with van der Waals surface area (Å²) in [6.45, 7) is 4.77. The predicted molar refractivity (Wildman–Crippen MR) is 110 cm³/mol. The predicted octanol–water partition coefficient (Wildman–Crippen LogP) is 5.07. The Balaban J connectivity index is 1.49. The number of Topliss-reactive ketones (excluding diaryl/α,β-unsaturated/α-hetero) is 1. The first-order valence-corrected chi connectivity index (χ1v) is 11.0. The van der Waals surface area contributed by atoms with Crippen molar-refractivity contribution < 1.29 is 9.59 Å². The number of nitrogens with one attached hydrogen (secondary N) is 1. The number of amides is 1. The van der Waals surface area contributed by atoms with Crippen LogP contribution >= 0.6 is 0 Å². The van der Waals surface area contributed by atoms with Gasteiger partial charge in [-0.25, -0.2) is 0 Å². The van der Waals surface area contributed by atoms with E-state index in [1.807, 2.05) is 30.3 Å². The van der Waals surface area contributed by atoms with Gasteiger partial charge in [-0.2, -0.15) is 0 Å². The highest BCUT2D eigenvalue weighted by Gasteiger charge is 2.56. The third-order valence-electron chi connectivity index (χ3n) is 8.80. The summed E-state index contributed by atoms with van der Waals surface area (Å²) in [5, 5.41) is 3.29. The minimum absolute atomic E-state index is 0.0276. The SMILES string of the molecule is C[C@]12CC[C@@H]3C(=C1CCC2C(=O)c1ccccc1)CCC1NC(=O)CC[C@@]13C. The summed E-state index contributed by atoms with van der Waals surface area (Å²) < 4.78 is 0. The molecule has 1 amide bonds. The van der Waals surface area contributed by atoms with Gasteiger partial charge in [0.15, 0.2) is 5.78 Å². The van der Waals surface area contributed by atoms with E-state index in [1.54, 1.807) is 11.1 Å². The first kappa shape index (κ1) is 18.1. The fourth-order valence-corrected chi connectivity index (χ4v) is 7.17. The Hall–Kier alpha value is -1.90. The van der Waals surface area contributed by atoms with Crippen molar-refractivity contribution in [2.45, 2.75) is 71.3 Å². The van der Waals surface area contributed by atoms with Crippen molar-refractivity contribution in [2.24, 2.45) is 22.7 Å². The molecule has 1 aliphatic heterocycles. The molecule has 2 saturated carbocycles. The van der Waals surface area contributed by atoms with E-state index in [0.717, 1.165) is 50.5 Å². The van der Waals surface area contributed by atoms with Crippen LogP contribution in [0.1, 0.15) is 75.6 Å². The second kappa shape index (κ2) is 6.30. The number of benzene rings is 1. The quantitative estimate of drug-likeness (QED) is 0.578. The maximum absolute atomic E-state index is 13.3. The summed E-state index contributed by atoms with van der Waals surface area (Å²) in [6, 6.07) is 10.2. The minimum atomic E-state index is 0.0276. The Morgan fingerprint density at radius 1 is 1.00 bits per heavy atom. The van der Waals surface area contributed by atoms with Crippen LogP contribution in [0.3, 0.4) is 0 Å². The van der Waals surface area contributed by atoms with E-state index in [0.29, 0.717) is 24.2 Å². The Kier molecular flexibility index (Phi) is 4.08. The minimum Gasteiger partial charge on any atom is -0.353 e. The van der Waals surface area contributed by atoms with Gasteiger partial charge >= 0.3 is 0 Å². The van der Waals surface area contributed by atoms with Gasteiger partial charge in [0.25, 0.3) is 0 Å². The smallest absolute Gasteiger partial charge is 0.220 e. The summed E-state index contributed by atoms with van der Waals surface area (Å²) in [4.78, 5) is 25.3. The monoisotopic (exact) mass is 377 g/mol. The average molecular weight is 378 g/mol. The van der Waals surface area contributed by atoms with Crippen molar-refractivity contribution in [3.63, 3.8) is 0 Å². The lowest BCUT2D eigenvalue weighted by molar-refractivity contribution is -0.128. The van der Waals surface area contributed by atoms with Crippen molar-refractivity contribution in [3.8, 4) is 0 Å². The molecular weight excluding hydrogens is 346 g/mol. The topological polar surface area (TPSA) is 46.2 Å². The molecule has 1 aromatic rings. The molecule has 3 fully saturated rings. The van der Waals surface area contributed by atoms with E-state index < -0.39 is 0 Å². The molecule has 0 radical (unpaired) electrons. The average Bonchev–Trinajstić information content (AvgIpc) is 3.06. The van der Waals surface area contributed by atoms with Crippen LogP contribution in [-0.4, -0.2) is 17.7 Å². The van der Waals surface area contributed by atoms with E-state index >= 15 is 0 Å². The van der Waals surface area contributed by atoms with Crippen LogP contribution in [0.2, 0.25) is 0 Å². The molecule has 3 aliphatic carbocycles. The molecule has 148 valence electrons. The van der Waals surface area contributed by atoms with E-state index in [9.17, 15) is 9.59 Å². The van der Waals surface area contributed by atoms with Gasteiger partial charge in [-0.3, -0.25) is 9.59 Å². The van der Waals surface area contributed by atoms with Gasteiger partial charge in [0, 0.05) is 23.9 Å². The molecule has 4 aliphatic rings. The standard InChI is InChI=1S/C25H31NO2/c1-24-14-12-19-17(8-11-21-25(19,2)15-13-22(27)26-21)18(24)9-10-20(24)23(28)16-6-4-3-5-7-16/h3-7,19-21H,8-15H2,1-2H3,(H,26,27)/t19-,20?,21?,24+,25-/m1/s1. The maximum Gasteiger partial charge on any atom is 0.220 e. The second-order valence-electron chi connectivity index (χ2n) is 10.00.